The molecule has 6 heteroatoms. The molecule has 0 heterocycles. The number of nitrogens with two attached hydrogens (primary N) is 1. The quantitative estimate of drug-likeness (QED) is 0.870. The molecule has 1 aromatic carbocycles. The van der Waals surface area contributed by atoms with Gasteiger partial charge in [-0.15, -0.1) is 0 Å². The highest BCUT2D eigenvalue weighted by molar-refractivity contribution is 5.76. The van der Waals surface area contributed by atoms with Crippen molar-refractivity contribution in [1.29, 1.82) is 0 Å². The Hall–Kier alpha value is -1.56. The average molecular weight is 260 g/mol. The van der Waals surface area contributed by atoms with Crippen molar-refractivity contribution >= 4 is 5.91 Å². The van der Waals surface area contributed by atoms with Gasteiger partial charge in [-0.1, -0.05) is 18.2 Å². The van der Waals surface area contributed by atoms with Crippen molar-refractivity contribution in [2.24, 2.45) is 5.73 Å². The molecule has 1 rings (SSSR count). The maximum absolute atomic E-state index is 12.7. The third-order valence-corrected chi connectivity index (χ3v) is 2.31. The third-order valence-electron chi connectivity index (χ3n) is 2.31. The first-order chi connectivity index (χ1) is 8.30. The Morgan fingerprint density at radius 3 is 2.56 bits per heavy atom. The normalized spacial score (nSPS) is 13.2. The Labute approximate surface area is 103 Å². The third kappa shape index (κ3) is 4.37. The molecular weight excluding hydrogens is 245 g/mol. The second-order valence-electron chi connectivity index (χ2n) is 4.11. The number of carbonyl (C=O) groups excluding carboxylic acids is 1. The predicted molar refractivity (Wildman–Crippen MR) is 61.6 cm³/mol. The molecule has 18 heavy (non-hydrogen) atoms. The first-order valence-electron chi connectivity index (χ1n) is 5.48. The summed E-state index contributed by atoms with van der Waals surface area (Å²) in [5.74, 6) is -0.359. The summed E-state index contributed by atoms with van der Waals surface area (Å²) in [6.45, 7) is 1.50. The maximum atomic E-state index is 12.7. The molecule has 3 N–H and O–H groups in total. The fourth-order valence-electron chi connectivity index (χ4n) is 1.51. The van der Waals surface area contributed by atoms with E-state index in [9.17, 15) is 18.0 Å². The second kappa shape index (κ2) is 5.86. The van der Waals surface area contributed by atoms with E-state index in [1.807, 2.05) is 0 Å². The van der Waals surface area contributed by atoms with Crippen LogP contribution in [0.1, 0.15) is 24.5 Å². The van der Waals surface area contributed by atoms with Crippen molar-refractivity contribution in [1.82, 2.24) is 5.32 Å². The number of hydrogen-bond acceptors (Lipinski definition) is 2. The number of nitrogens with one attached hydrogen (secondary N) is 1. The lowest BCUT2D eigenvalue weighted by molar-refractivity contribution is -0.138. The van der Waals surface area contributed by atoms with E-state index in [-0.39, 0.29) is 30.5 Å². The van der Waals surface area contributed by atoms with Crippen LogP contribution in [-0.4, -0.2) is 11.9 Å². The van der Waals surface area contributed by atoms with Gasteiger partial charge in [0.1, 0.15) is 0 Å². The maximum Gasteiger partial charge on any atom is 0.416 e. The van der Waals surface area contributed by atoms with Gasteiger partial charge in [0.2, 0.25) is 5.91 Å². The molecule has 0 saturated heterocycles. The highest BCUT2D eigenvalue weighted by atomic mass is 19.4. The Balaban J connectivity index is 2.71. The van der Waals surface area contributed by atoms with E-state index in [1.165, 1.54) is 18.2 Å². The van der Waals surface area contributed by atoms with E-state index in [4.69, 9.17) is 5.73 Å². The monoisotopic (exact) mass is 260 g/mol. The standard InChI is InChI=1S/C12H15F3N2O/c1-8(16)6-11(18)17-7-9-4-2-3-5-10(9)12(13,14)15/h2-5,8H,6-7,16H2,1H3,(H,17,18). The van der Waals surface area contributed by atoms with Crippen LogP contribution >= 0.6 is 0 Å². The zero-order valence-corrected chi connectivity index (χ0v) is 9.92. The molecule has 100 valence electrons. The lowest BCUT2D eigenvalue weighted by Crippen LogP contribution is -2.30. The lowest BCUT2D eigenvalue weighted by Gasteiger charge is -2.13. The van der Waals surface area contributed by atoms with Crippen LogP contribution in [0.25, 0.3) is 0 Å². The first-order valence-corrected chi connectivity index (χ1v) is 5.48. The Morgan fingerprint density at radius 1 is 1.39 bits per heavy atom. The number of alkyl halides is 3. The van der Waals surface area contributed by atoms with Crippen molar-refractivity contribution in [3.8, 4) is 0 Å². The molecule has 0 aliphatic carbocycles. The molecule has 0 spiro atoms. The highest BCUT2D eigenvalue weighted by Crippen LogP contribution is 2.31. The van der Waals surface area contributed by atoms with E-state index >= 15 is 0 Å². The van der Waals surface area contributed by atoms with Crippen molar-refractivity contribution < 1.29 is 18.0 Å². The molecule has 0 bridgehead atoms. The van der Waals surface area contributed by atoms with Crippen LogP contribution in [0.4, 0.5) is 13.2 Å². The summed E-state index contributed by atoms with van der Waals surface area (Å²) < 4.78 is 38.0. The van der Waals surface area contributed by atoms with Crippen LogP contribution in [0.2, 0.25) is 0 Å². The van der Waals surface area contributed by atoms with Crippen molar-refractivity contribution in [3.63, 3.8) is 0 Å². The molecule has 1 unspecified atom stereocenters. The van der Waals surface area contributed by atoms with Crippen LogP contribution in [0.5, 0.6) is 0 Å². The molecule has 1 amide bonds. The molecule has 0 fully saturated rings. The molecule has 0 aromatic heterocycles. The van der Waals surface area contributed by atoms with Gasteiger partial charge < -0.3 is 11.1 Å². The van der Waals surface area contributed by atoms with Gasteiger partial charge in [-0.3, -0.25) is 4.79 Å². The van der Waals surface area contributed by atoms with Gasteiger partial charge in [-0.25, -0.2) is 0 Å². The van der Waals surface area contributed by atoms with Gasteiger partial charge in [-0.2, -0.15) is 13.2 Å². The van der Waals surface area contributed by atoms with E-state index in [1.54, 1.807) is 6.92 Å². The minimum absolute atomic E-state index is 0.0445. The summed E-state index contributed by atoms with van der Waals surface area (Å²) in [4.78, 5) is 11.3. The Bertz CT molecular complexity index is 416. The SMILES string of the molecule is CC(N)CC(=O)NCc1ccccc1C(F)(F)F. The van der Waals surface area contributed by atoms with Gasteiger partial charge in [0.05, 0.1) is 5.56 Å². The Kier molecular flexibility index (Phi) is 4.72. The van der Waals surface area contributed by atoms with E-state index in [0.717, 1.165) is 6.07 Å². The topological polar surface area (TPSA) is 55.1 Å². The Morgan fingerprint density at radius 2 is 2.00 bits per heavy atom. The van der Waals surface area contributed by atoms with Crippen LogP contribution < -0.4 is 11.1 Å². The second-order valence-corrected chi connectivity index (χ2v) is 4.11. The predicted octanol–water partition coefficient (Wildman–Crippen LogP) is 2.06. The average Bonchev–Trinajstić information content (AvgIpc) is 2.24. The minimum atomic E-state index is -4.41. The summed E-state index contributed by atoms with van der Waals surface area (Å²) in [5, 5.41) is 2.42. The van der Waals surface area contributed by atoms with Gasteiger partial charge in [0.15, 0.2) is 0 Å². The van der Waals surface area contributed by atoms with E-state index in [0.29, 0.717) is 0 Å². The molecule has 0 aliphatic rings. The van der Waals surface area contributed by atoms with Crippen LogP contribution in [0.15, 0.2) is 24.3 Å². The number of benzene rings is 1. The number of amides is 1. The lowest BCUT2D eigenvalue weighted by atomic mass is 10.1. The van der Waals surface area contributed by atoms with Crippen LogP contribution in [0.3, 0.4) is 0 Å². The smallest absolute Gasteiger partial charge is 0.352 e. The minimum Gasteiger partial charge on any atom is -0.352 e. The van der Waals surface area contributed by atoms with E-state index in [2.05, 4.69) is 5.32 Å². The molecule has 1 aromatic rings. The molecule has 0 radical (unpaired) electrons. The summed E-state index contributed by atoms with van der Waals surface area (Å²) in [7, 11) is 0. The van der Waals surface area contributed by atoms with Gasteiger partial charge in [0.25, 0.3) is 0 Å². The zero-order chi connectivity index (χ0) is 13.8. The highest BCUT2D eigenvalue weighted by Gasteiger charge is 2.32. The number of hydrogen-bond donors (Lipinski definition) is 2. The molecular formula is C12H15F3N2O. The summed E-state index contributed by atoms with van der Waals surface area (Å²) >= 11 is 0. The van der Waals surface area contributed by atoms with Gasteiger partial charge >= 0.3 is 6.18 Å². The number of halogens is 3. The molecule has 0 aliphatic heterocycles. The summed E-state index contributed by atoms with van der Waals surface area (Å²) in [6, 6.07) is 4.84. The largest absolute Gasteiger partial charge is 0.416 e. The van der Waals surface area contributed by atoms with Crippen molar-refractivity contribution in [2.75, 3.05) is 0 Å². The van der Waals surface area contributed by atoms with Crippen molar-refractivity contribution in [2.45, 2.75) is 32.1 Å². The van der Waals surface area contributed by atoms with Gasteiger partial charge in [-0.05, 0) is 18.6 Å². The first kappa shape index (κ1) is 14.5. The fraction of sp³-hybridized carbons (Fsp3) is 0.417. The van der Waals surface area contributed by atoms with Crippen LogP contribution in [0, 0.1) is 0 Å². The van der Waals surface area contributed by atoms with Crippen molar-refractivity contribution in [3.05, 3.63) is 35.4 Å². The summed E-state index contributed by atoms with van der Waals surface area (Å²) in [6.07, 6.45) is -4.32. The number of carbonyl (C=O) groups is 1. The van der Waals surface area contributed by atoms with E-state index < -0.39 is 11.7 Å². The molecule has 0 saturated carbocycles. The molecule has 1 atom stereocenters. The number of rotatable bonds is 4. The molecule has 3 nitrogen and oxygen atoms in total. The van der Waals surface area contributed by atoms with Crippen LogP contribution in [-0.2, 0) is 17.5 Å². The zero-order valence-electron chi connectivity index (χ0n) is 9.92. The van der Waals surface area contributed by atoms with Gasteiger partial charge in [0, 0.05) is 19.0 Å². The fourth-order valence-corrected chi connectivity index (χ4v) is 1.51. The summed E-state index contributed by atoms with van der Waals surface area (Å²) in [5.41, 5.74) is 4.73.